The number of furan rings is 1. The summed E-state index contributed by atoms with van der Waals surface area (Å²) < 4.78 is 5.67. The fourth-order valence-electron chi connectivity index (χ4n) is 2.98. The van der Waals surface area contributed by atoms with Crippen LogP contribution in [-0.4, -0.2) is 34.7 Å². The summed E-state index contributed by atoms with van der Waals surface area (Å²) in [6, 6.07) is 13.7. The zero-order valence-electron chi connectivity index (χ0n) is 16.8. The van der Waals surface area contributed by atoms with Gasteiger partial charge in [-0.05, 0) is 30.5 Å². The van der Waals surface area contributed by atoms with Crippen molar-refractivity contribution in [2.24, 2.45) is 5.92 Å². The van der Waals surface area contributed by atoms with Crippen LogP contribution in [0.4, 0.5) is 0 Å². The number of hydrogen-bond acceptors (Lipinski definition) is 3. The predicted molar refractivity (Wildman–Crippen MR) is 106 cm³/mol. The third kappa shape index (κ3) is 6.59. The second kappa shape index (κ2) is 9.95. The lowest BCUT2D eigenvalue weighted by atomic mass is 10.2. The lowest BCUT2D eigenvalue weighted by molar-refractivity contribution is -0.141. The smallest absolute Gasteiger partial charge is 0.242 e. The molecular formula is C22H30N2O3. The molecule has 0 unspecified atom stereocenters. The van der Waals surface area contributed by atoms with Gasteiger partial charge < -0.3 is 14.2 Å². The molecule has 5 heteroatoms. The first-order valence-corrected chi connectivity index (χ1v) is 9.53. The summed E-state index contributed by atoms with van der Waals surface area (Å²) in [4.78, 5) is 28.7. The highest BCUT2D eigenvalue weighted by atomic mass is 16.3. The number of carbonyl (C=O) groups is 2. The van der Waals surface area contributed by atoms with Gasteiger partial charge in [0.1, 0.15) is 11.5 Å². The molecule has 1 aromatic heterocycles. The van der Waals surface area contributed by atoms with Gasteiger partial charge in [0.2, 0.25) is 11.8 Å². The number of aryl methyl sites for hydroxylation is 1. The minimum Gasteiger partial charge on any atom is -0.464 e. The van der Waals surface area contributed by atoms with Gasteiger partial charge in [0.05, 0.1) is 13.1 Å². The maximum Gasteiger partial charge on any atom is 0.242 e. The van der Waals surface area contributed by atoms with Crippen LogP contribution in [0.25, 0.3) is 0 Å². The van der Waals surface area contributed by atoms with Crippen LogP contribution in [0, 0.1) is 12.8 Å². The zero-order valence-corrected chi connectivity index (χ0v) is 16.8. The van der Waals surface area contributed by atoms with Gasteiger partial charge in [-0.25, -0.2) is 0 Å². The van der Waals surface area contributed by atoms with Gasteiger partial charge in [0, 0.05) is 19.5 Å². The first-order valence-electron chi connectivity index (χ1n) is 9.53. The minimum absolute atomic E-state index is 0.00514. The highest BCUT2D eigenvalue weighted by Gasteiger charge is 2.22. The van der Waals surface area contributed by atoms with Crippen LogP contribution in [0.1, 0.15) is 44.3 Å². The molecule has 0 aliphatic heterocycles. The van der Waals surface area contributed by atoms with Gasteiger partial charge in [-0.2, -0.15) is 0 Å². The summed E-state index contributed by atoms with van der Waals surface area (Å²) in [5, 5.41) is 0. The van der Waals surface area contributed by atoms with E-state index in [0.717, 1.165) is 17.1 Å². The van der Waals surface area contributed by atoms with Crippen molar-refractivity contribution in [1.29, 1.82) is 0 Å². The SMILES string of the molecule is CCC(=O)N(CC(=O)N(Cc1ccccc1)Cc1ccc(C)o1)CC(C)C. The molecule has 2 rings (SSSR count). The number of carbonyl (C=O) groups excluding carboxylic acids is 2. The molecule has 0 spiro atoms. The van der Waals surface area contributed by atoms with E-state index in [1.54, 1.807) is 9.80 Å². The van der Waals surface area contributed by atoms with Gasteiger partial charge >= 0.3 is 0 Å². The van der Waals surface area contributed by atoms with E-state index in [9.17, 15) is 9.59 Å². The van der Waals surface area contributed by atoms with Gasteiger partial charge in [0.25, 0.3) is 0 Å². The summed E-state index contributed by atoms with van der Waals surface area (Å²) in [7, 11) is 0. The molecular weight excluding hydrogens is 340 g/mol. The average molecular weight is 370 g/mol. The lowest BCUT2D eigenvalue weighted by Crippen LogP contribution is -2.43. The van der Waals surface area contributed by atoms with Crippen LogP contribution in [0.5, 0.6) is 0 Å². The third-order valence-electron chi connectivity index (χ3n) is 4.28. The van der Waals surface area contributed by atoms with Crippen molar-refractivity contribution in [3.8, 4) is 0 Å². The van der Waals surface area contributed by atoms with E-state index < -0.39 is 0 Å². The average Bonchev–Trinajstić information content (AvgIpc) is 3.05. The molecule has 0 fully saturated rings. The maximum atomic E-state index is 13.1. The fraction of sp³-hybridized carbons (Fsp3) is 0.455. The van der Waals surface area contributed by atoms with Crippen molar-refractivity contribution in [1.82, 2.24) is 9.80 Å². The Labute approximate surface area is 162 Å². The Kier molecular flexibility index (Phi) is 7.65. The largest absolute Gasteiger partial charge is 0.464 e. The number of nitrogens with zero attached hydrogens (tertiary/aromatic N) is 2. The van der Waals surface area contributed by atoms with Crippen molar-refractivity contribution in [3.05, 3.63) is 59.5 Å². The van der Waals surface area contributed by atoms with E-state index in [0.29, 0.717) is 32.0 Å². The Hall–Kier alpha value is -2.56. The van der Waals surface area contributed by atoms with Crippen molar-refractivity contribution in [2.45, 2.75) is 47.2 Å². The number of rotatable bonds is 9. The summed E-state index contributed by atoms with van der Waals surface area (Å²) >= 11 is 0. The molecule has 0 N–H and O–H groups in total. The summed E-state index contributed by atoms with van der Waals surface area (Å²) in [6.45, 7) is 9.35. The van der Waals surface area contributed by atoms with E-state index in [-0.39, 0.29) is 18.4 Å². The standard InChI is InChI=1S/C22H30N2O3/c1-5-21(25)23(13-17(2)3)16-22(26)24(14-19-9-7-6-8-10-19)15-20-12-11-18(4)27-20/h6-12,17H,5,13-16H2,1-4H3. The quantitative estimate of drug-likeness (QED) is 0.670. The molecule has 0 atom stereocenters. The van der Waals surface area contributed by atoms with Crippen molar-refractivity contribution in [3.63, 3.8) is 0 Å². The Morgan fingerprint density at radius 3 is 2.22 bits per heavy atom. The van der Waals surface area contributed by atoms with Crippen LogP contribution in [0.15, 0.2) is 46.9 Å². The maximum absolute atomic E-state index is 13.1. The lowest BCUT2D eigenvalue weighted by Gasteiger charge is -2.28. The van der Waals surface area contributed by atoms with Gasteiger partial charge in [-0.3, -0.25) is 9.59 Å². The van der Waals surface area contributed by atoms with E-state index in [2.05, 4.69) is 0 Å². The monoisotopic (exact) mass is 370 g/mol. The molecule has 0 bridgehead atoms. The zero-order chi connectivity index (χ0) is 19.8. The van der Waals surface area contributed by atoms with Crippen LogP contribution in [-0.2, 0) is 22.7 Å². The molecule has 1 aromatic carbocycles. The Balaban J connectivity index is 2.16. The molecule has 0 saturated heterocycles. The Bertz CT molecular complexity index is 737. The summed E-state index contributed by atoms with van der Waals surface area (Å²) in [5.41, 5.74) is 1.05. The predicted octanol–water partition coefficient (Wildman–Crippen LogP) is 4.01. The summed E-state index contributed by atoms with van der Waals surface area (Å²) in [5.74, 6) is 1.80. The van der Waals surface area contributed by atoms with E-state index in [1.165, 1.54) is 0 Å². The van der Waals surface area contributed by atoms with Gasteiger partial charge in [-0.1, -0.05) is 51.1 Å². The normalized spacial score (nSPS) is 10.9. The van der Waals surface area contributed by atoms with Crippen LogP contribution >= 0.6 is 0 Å². The first-order chi connectivity index (χ1) is 12.9. The molecule has 0 saturated carbocycles. The number of hydrogen-bond donors (Lipinski definition) is 0. The van der Waals surface area contributed by atoms with Crippen molar-refractivity contribution >= 4 is 11.8 Å². The molecule has 2 amide bonds. The van der Waals surface area contributed by atoms with Gasteiger partial charge in [-0.15, -0.1) is 0 Å². The highest BCUT2D eigenvalue weighted by molar-refractivity contribution is 5.84. The molecule has 0 radical (unpaired) electrons. The molecule has 27 heavy (non-hydrogen) atoms. The van der Waals surface area contributed by atoms with Crippen LogP contribution in [0.3, 0.4) is 0 Å². The third-order valence-corrected chi connectivity index (χ3v) is 4.28. The van der Waals surface area contributed by atoms with E-state index >= 15 is 0 Å². The molecule has 146 valence electrons. The Morgan fingerprint density at radius 1 is 0.963 bits per heavy atom. The molecule has 5 nitrogen and oxygen atoms in total. The first kappa shape index (κ1) is 20.7. The number of amides is 2. The van der Waals surface area contributed by atoms with Crippen molar-refractivity contribution < 1.29 is 14.0 Å². The molecule has 0 aliphatic carbocycles. The van der Waals surface area contributed by atoms with Gasteiger partial charge in [0.15, 0.2) is 0 Å². The fourth-order valence-corrected chi connectivity index (χ4v) is 2.98. The number of benzene rings is 1. The van der Waals surface area contributed by atoms with Crippen LogP contribution < -0.4 is 0 Å². The van der Waals surface area contributed by atoms with Crippen LogP contribution in [0.2, 0.25) is 0 Å². The molecule has 1 heterocycles. The van der Waals surface area contributed by atoms with E-state index in [1.807, 2.05) is 70.2 Å². The molecule has 0 aliphatic rings. The molecule has 2 aromatic rings. The Morgan fingerprint density at radius 2 is 1.67 bits per heavy atom. The minimum atomic E-state index is -0.0737. The van der Waals surface area contributed by atoms with E-state index in [4.69, 9.17) is 4.42 Å². The summed E-state index contributed by atoms with van der Waals surface area (Å²) in [6.07, 6.45) is 0.399. The topological polar surface area (TPSA) is 53.8 Å². The highest BCUT2D eigenvalue weighted by Crippen LogP contribution is 2.14. The van der Waals surface area contributed by atoms with Crippen molar-refractivity contribution in [2.75, 3.05) is 13.1 Å². The second-order valence-electron chi connectivity index (χ2n) is 7.27. The second-order valence-corrected chi connectivity index (χ2v) is 7.27.